The maximum absolute atomic E-state index is 4.73. The summed E-state index contributed by atoms with van der Waals surface area (Å²) in [5.74, 6) is 1.99. The molecule has 2 aromatic heterocycles. The lowest BCUT2D eigenvalue weighted by molar-refractivity contribution is 0.423. The monoisotopic (exact) mass is 510 g/mol. The summed E-state index contributed by atoms with van der Waals surface area (Å²) in [6, 6.07) is 14.4. The summed E-state index contributed by atoms with van der Waals surface area (Å²) in [5.41, 5.74) is 10.2. The molecular formula is C32H42N6. The summed E-state index contributed by atoms with van der Waals surface area (Å²) in [4.78, 5) is 16.4. The first kappa shape index (κ1) is 26.4. The number of H-pyrrole nitrogens is 2. The van der Waals surface area contributed by atoms with Crippen LogP contribution in [0.4, 0.5) is 0 Å². The summed E-state index contributed by atoms with van der Waals surface area (Å²) in [6.07, 6.45) is 9.55. The second kappa shape index (κ2) is 11.7. The molecule has 200 valence electrons. The first-order valence-corrected chi connectivity index (χ1v) is 14.4. The number of nitrogens with one attached hydrogen (secondary N) is 4. The van der Waals surface area contributed by atoms with E-state index in [0.717, 1.165) is 67.2 Å². The lowest BCUT2D eigenvalue weighted by atomic mass is 9.79. The molecule has 2 atom stereocenters. The van der Waals surface area contributed by atoms with Gasteiger partial charge in [-0.2, -0.15) is 0 Å². The van der Waals surface area contributed by atoms with E-state index in [2.05, 4.69) is 96.6 Å². The maximum atomic E-state index is 4.73. The molecule has 1 aliphatic rings. The van der Waals surface area contributed by atoms with Gasteiger partial charge in [0.1, 0.15) is 11.6 Å². The third-order valence-corrected chi connectivity index (χ3v) is 8.04. The van der Waals surface area contributed by atoms with Crippen molar-refractivity contribution >= 4 is 0 Å². The Hall–Kier alpha value is -3.22. The van der Waals surface area contributed by atoms with Gasteiger partial charge < -0.3 is 20.6 Å². The van der Waals surface area contributed by atoms with Crippen LogP contribution in [0.2, 0.25) is 0 Å². The average molecular weight is 511 g/mol. The summed E-state index contributed by atoms with van der Waals surface area (Å²) in [7, 11) is 0. The Kier molecular flexibility index (Phi) is 8.10. The van der Waals surface area contributed by atoms with E-state index >= 15 is 0 Å². The van der Waals surface area contributed by atoms with Crippen LogP contribution in [0.3, 0.4) is 0 Å². The van der Waals surface area contributed by atoms with E-state index in [1.165, 1.54) is 27.8 Å². The van der Waals surface area contributed by atoms with Gasteiger partial charge in [0.2, 0.25) is 0 Å². The van der Waals surface area contributed by atoms with Gasteiger partial charge in [-0.25, -0.2) is 9.97 Å². The van der Waals surface area contributed by atoms with E-state index in [4.69, 9.17) is 4.98 Å². The molecule has 0 aliphatic heterocycles. The van der Waals surface area contributed by atoms with Crippen LogP contribution in [0, 0.1) is 0 Å². The fourth-order valence-electron chi connectivity index (χ4n) is 5.50. The van der Waals surface area contributed by atoms with Crippen LogP contribution in [0.25, 0.3) is 33.6 Å². The topological polar surface area (TPSA) is 81.4 Å². The number of aromatic amines is 2. The number of fused-ring (bicyclic) bond motifs is 1. The normalized spacial score (nSPS) is 14.4. The average Bonchev–Trinajstić information content (AvgIpc) is 3.61. The molecule has 1 aliphatic carbocycles. The number of nitrogens with zero attached hydrogens (tertiary/aromatic N) is 2. The molecule has 0 saturated carbocycles. The van der Waals surface area contributed by atoms with Crippen molar-refractivity contribution in [2.45, 2.75) is 84.8 Å². The Morgan fingerprint density at radius 2 is 1.32 bits per heavy atom. The zero-order valence-electron chi connectivity index (χ0n) is 23.5. The van der Waals surface area contributed by atoms with Gasteiger partial charge in [-0.3, -0.25) is 0 Å². The third kappa shape index (κ3) is 5.33. The van der Waals surface area contributed by atoms with E-state index in [0.29, 0.717) is 6.04 Å². The molecule has 4 N–H and O–H groups in total. The smallest absolute Gasteiger partial charge is 0.123 e. The van der Waals surface area contributed by atoms with Crippen molar-refractivity contribution in [2.24, 2.45) is 0 Å². The van der Waals surface area contributed by atoms with Gasteiger partial charge in [0.25, 0.3) is 0 Å². The molecule has 4 aromatic rings. The zero-order valence-corrected chi connectivity index (χ0v) is 23.5. The van der Waals surface area contributed by atoms with Crippen LogP contribution in [0.5, 0.6) is 0 Å². The van der Waals surface area contributed by atoms with Crippen molar-refractivity contribution in [3.63, 3.8) is 0 Å². The molecule has 38 heavy (non-hydrogen) atoms. The van der Waals surface area contributed by atoms with Gasteiger partial charge in [0, 0.05) is 11.6 Å². The Morgan fingerprint density at radius 3 is 1.97 bits per heavy atom. The van der Waals surface area contributed by atoms with Crippen LogP contribution in [0.15, 0.2) is 48.8 Å². The van der Waals surface area contributed by atoms with Gasteiger partial charge >= 0.3 is 0 Å². The predicted molar refractivity (Wildman–Crippen MR) is 157 cm³/mol. The van der Waals surface area contributed by atoms with Crippen molar-refractivity contribution < 1.29 is 0 Å². The van der Waals surface area contributed by atoms with Crippen LogP contribution < -0.4 is 10.6 Å². The number of hydrogen-bond donors (Lipinski definition) is 4. The van der Waals surface area contributed by atoms with Crippen molar-refractivity contribution in [1.82, 2.24) is 30.6 Å². The van der Waals surface area contributed by atoms with Gasteiger partial charge in [0.05, 0.1) is 35.9 Å². The summed E-state index contributed by atoms with van der Waals surface area (Å²) in [5, 5.41) is 7.19. The van der Waals surface area contributed by atoms with Crippen LogP contribution in [-0.4, -0.2) is 32.5 Å². The van der Waals surface area contributed by atoms with Crippen LogP contribution in [-0.2, 0) is 12.8 Å². The Balaban J connectivity index is 1.32. The molecular weight excluding hydrogens is 468 g/mol. The molecule has 2 heterocycles. The number of benzene rings is 2. The number of rotatable bonds is 12. The Morgan fingerprint density at radius 1 is 0.737 bits per heavy atom. The SMILES string of the molecule is CCCNC(C)c1ncc(-c2ccc(-c3ccc(-c4cnc(C(C)NC(CC)CC)[nH]4)c4c3CC4)cc2)[nH]1. The zero-order chi connectivity index (χ0) is 26.6. The lowest BCUT2D eigenvalue weighted by Crippen LogP contribution is -2.30. The highest BCUT2D eigenvalue weighted by Gasteiger charge is 2.24. The van der Waals surface area contributed by atoms with Crippen molar-refractivity contribution in [3.8, 4) is 33.6 Å². The van der Waals surface area contributed by atoms with Gasteiger partial charge in [-0.05, 0) is 80.3 Å². The van der Waals surface area contributed by atoms with Crippen LogP contribution >= 0.6 is 0 Å². The predicted octanol–water partition coefficient (Wildman–Crippen LogP) is 7.13. The Bertz CT molecular complexity index is 1340. The molecule has 2 aromatic carbocycles. The minimum atomic E-state index is 0.207. The molecule has 6 heteroatoms. The number of hydrogen-bond acceptors (Lipinski definition) is 4. The lowest BCUT2D eigenvalue weighted by Gasteiger charge is -2.26. The van der Waals surface area contributed by atoms with E-state index in [1.807, 2.05) is 12.4 Å². The van der Waals surface area contributed by atoms with Crippen molar-refractivity contribution in [3.05, 3.63) is 71.6 Å². The number of imidazole rings is 2. The molecule has 5 rings (SSSR count). The molecule has 0 bridgehead atoms. The maximum Gasteiger partial charge on any atom is 0.123 e. The van der Waals surface area contributed by atoms with Gasteiger partial charge in [-0.1, -0.05) is 57.2 Å². The molecule has 0 fully saturated rings. The first-order valence-electron chi connectivity index (χ1n) is 14.4. The van der Waals surface area contributed by atoms with Gasteiger partial charge in [0.15, 0.2) is 0 Å². The second-order valence-corrected chi connectivity index (χ2v) is 10.6. The quantitative estimate of drug-likeness (QED) is 0.163. The van der Waals surface area contributed by atoms with Crippen LogP contribution in [0.1, 0.15) is 88.7 Å². The fraction of sp³-hybridized carbons (Fsp3) is 0.438. The highest BCUT2D eigenvalue weighted by Crippen LogP contribution is 2.40. The molecule has 0 radical (unpaired) electrons. The molecule has 0 saturated heterocycles. The first-order chi connectivity index (χ1) is 18.5. The van der Waals surface area contributed by atoms with Gasteiger partial charge in [-0.15, -0.1) is 0 Å². The largest absolute Gasteiger partial charge is 0.341 e. The highest BCUT2D eigenvalue weighted by atomic mass is 15.0. The summed E-state index contributed by atoms with van der Waals surface area (Å²) >= 11 is 0. The highest BCUT2D eigenvalue weighted by molar-refractivity contribution is 5.79. The molecule has 2 unspecified atom stereocenters. The minimum absolute atomic E-state index is 0.207. The minimum Gasteiger partial charge on any atom is -0.341 e. The van der Waals surface area contributed by atoms with Crippen molar-refractivity contribution in [2.75, 3.05) is 6.54 Å². The van der Waals surface area contributed by atoms with E-state index < -0.39 is 0 Å². The summed E-state index contributed by atoms with van der Waals surface area (Å²) in [6.45, 7) is 12.0. The number of aromatic nitrogens is 4. The van der Waals surface area contributed by atoms with Crippen molar-refractivity contribution in [1.29, 1.82) is 0 Å². The molecule has 0 spiro atoms. The Labute approximate surface area is 227 Å². The molecule has 6 nitrogen and oxygen atoms in total. The van der Waals surface area contributed by atoms with E-state index in [9.17, 15) is 0 Å². The van der Waals surface area contributed by atoms with E-state index in [-0.39, 0.29) is 12.1 Å². The summed E-state index contributed by atoms with van der Waals surface area (Å²) < 4.78 is 0. The standard InChI is InChI=1S/C32H42N6/c1-6-17-33-20(4)31-34-18-29(37-31)23-11-9-22(10-12-23)25-13-16-28(27-15-14-26(25)27)30-19-35-32(38-30)21(5)36-24(7-2)8-3/h9-13,16,18-21,24,33,36H,6-8,14-15,17H2,1-5H3,(H,34,37)(H,35,38). The molecule has 0 amide bonds. The second-order valence-electron chi connectivity index (χ2n) is 10.6. The van der Waals surface area contributed by atoms with E-state index in [1.54, 1.807) is 0 Å². The third-order valence-electron chi connectivity index (χ3n) is 8.04. The fourth-order valence-corrected chi connectivity index (χ4v) is 5.50.